The van der Waals surface area contributed by atoms with Gasteiger partial charge in [-0.2, -0.15) is 0 Å². The maximum Gasteiger partial charge on any atom is 0.410 e. The Morgan fingerprint density at radius 2 is 1.91 bits per heavy atom. The number of amides is 1. The van der Waals surface area contributed by atoms with E-state index in [0.29, 0.717) is 6.54 Å². The molecular formula is C26H42N2O4. The SMILES string of the molecule is CC.COCCCn1c(C2CCCN(C(=O)OC(C)(C)C)C2)c(C)c2cc(OC)ccc21. The number of rotatable bonds is 6. The molecule has 0 bridgehead atoms. The van der Waals surface area contributed by atoms with Crippen molar-refractivity contribution in [1.29, 1.82) is 0 Å². The molecule has 3 rings (SSSR count). The molecule has 1 atom stereocenters. The van der Waals surface area contributed by atoms with Crippen LogP contribution in [0, 0.1) is 6.92 Å². The third-order valence-corrected chi connectivity index (χ3v) is 5.76. The first kappa shape index (κ1) is 26.0. The predicted octanol–water partition coefficient (Wildman–Crippen LogP) is 6.14. The van der Waals surface area contributed by atoms with Crippen molar-refractivity contribution < 1.29 is 19.0 Å². The minimum atomic E-state index is -0.481. The minimum Gasteiger partial charge on any atom is -0.497 e. The Labute approximate surface area is 193 Å². The van der Waals surface area contributed by atoms with Crippen LogP contribution in [-0.2, 0) is 16.0 Å². The number of piperidine rings is 1. The van der Waals surface area contributed by atoms with Gasteiger partial charge in [0.25, 0.3) is 0 Å². The number of carbonyl (C=O) groups is 1. The largest absolute Gasteiger partial charge is 0.497 e. The van der Waals surface area contributed by atoms with E-state index in [0.717, 1.165) is 44.7 Å². The summed E-state index contributed by atoms with van der Waals surface area (Å²) in [6.07, 6.45) is 2.78. The van der Waals surface area contributed by atoms with Crippen molar-refractivity contribution in [3.8, 4) is 5.75 Å². The average Bonchev–Trinajstić information content (AvgIpc) is 3.05. The van der Waals surface area contributed by atoms with Crippen molar-refractivity contribution in [3.63, 3.8) is 0 Å². The number of aryl methyl sites for hydroxylation is 2. The smallest absolute Gasteiger partial charge is 0.410 e. The fourth-order valence-corrected chi connectivity index (χ4v) is 4.48. The van der Waals surface area contributed by atoms with Crippen molar-refractivity contribution in [2.24, 2.45) is 0 Å². The summed E-state index contributed by atoms with van der Waals surface area (Å²) in [5, 5.41) is 1.22. The number of likely N-dealkylation sites (tertiary alicyclic amines) is 1. The quantitative estimate of drug-likeness (QED) is 0.501. The maximum atomic E-state index is 12.7. The molecule has 1 aliphatic rings. The van der Waals surface area contributed by atoms with Crippen LogP contribution in [0.5, 0.6) is 5.75 Å². The van der Waals surface area contributed by atoms with Crippen LogP contribution in [0.4, 0.5) is 4.79 Å². The van der Waals surface area contributed by atoms with E-state index in [1.54, 1.807) is 14.2 Å². The van der Waals surface area contributed by atoms with E-state index in [1.807, 2.05) is 45.6 Å². The molecule has 1 saturated heterocycles. The lowest BCUT2D eigenvalue weighted by molar-refractivity contribution is 0.0196. The van der Waals surface area contributed by atoms with Gasteiger partial charge in [-0.25, -0.2) is 4.79 Å². The molecule has 2 aromatic rings. The number of methoxy groups -OCH3 is 2. The highest BCUT2D eigenvalue weighted by atomic mass is 16.6. The second-order valence-electron chi connectivity index (χ2n) is 9.16. The van der Waals surface area contributed by atoms with E-state index < -0.39 is 5.60 Å². The first-order chi connectivity index (χ1) is 15.2. The van der Waals surface area contributed by atoms with Gasteiger partial charge in [0.2, 0.25) is 0 Å². The zero-order valence-corrected chi connectivity index (χ0v) is 21.3. The number of hydrogen-bond donors (Lipinski definition) is 0. The Bertz CT molecular complexity index is 882. The van der Waals surface area contributed by atoms with Crippen LogP contribution in [0.25, 0.3) is 10.9 Å². The Balaban J connectivity index is 0.00000176. The standard InChI is InChI=1S/C24H36N2O4.C2H6/c1-17-20-15-19(29-6)10-11-21(20)26(13-8-14-28-5)22(17)18-9-7-12-25(16-18)23(27)30-24(2,3)4;1-2/h10-11,15,18H,7-9,12-14,16H2,1-6H3;1-2H3. The molecule has 0 spiro atoms. The summed E-state index contributed by atoms with van der Waals surface area (Å²) in [6.45, 7) is 15.0. The molecule has 1 aromatic heterocycles. The lowest BCUT2D eigenvalue weighted by Gasteiger charge is -2.35. The number of nitrogens with zero attached hydrogens (tertiary/aromatic N) is 2. The molecule has 6 nitrogen and oxygen atoms in total. The van der Waals surface area contributed by atoms with E-state index in [4.69, 9.17) is 14.2 Å². The molecule has 0 radical (unpaired) electrons. The molecule has 1 unspecified atom stereocenters. The molecular weight excluding hydrogens is 404 g/mol. The highest BCUT2D eigenvalue weighted by Crippen LogP contribution is 2.37. The zero-order valence-electron chi connectivity index (χ0n) is 21.3. The number of aromatic nitrogens is 1. The van der Waals surface area contributed by atoms with Crippen LogP contribution in [0.3, 0.4) is 0 Å². The Morgan fingerprint density at radius 3 is 2.53 bits per heavy atom. The summed E-state index contributed by atoms with van der Waals surface area (Å²) in [4.78, 5) is 14.6. The van der Waals surface area contributed by atoms with Gasteiger partial charge in [0.05, 0.1) is 7.11 Å². The predicted molar refractivity (Wildman–Crippen MR) is 131 cm³/mol. The molecule has 0 saturated carbocycles. The second-order valence-corrected chi connectivity index (χ2v) is 9.16. The first-order valence-corrected chi connectivity index (χ1v) is 11.9. The van der Waals surface area contributed by atoms with Crippen LogP contribution in [-0.4, -0.2) is 55.1 Å². The number of fused-ring (bicyclic) bond motifs is 1. The Kier molecular flexibility index (Phi) is 9.44. The van der Waals surface area contributed by atoms with Crippen molar-refractivity contribution >= 4 is 17.0 Å². The molecule has 2 heterocycles. The molecule has 32 heavy (non-hydrogen) atoms. The summed E-state index contributed by atoms with van der Waals surface area (Å²) < 4.78 is 18.8. The van der Waals surface area contributed by atoms with Gasteiger partial charge < -0.3 is 23.7 Å². The molecule has 6 heteroatoms. The average molecular weight is 447 g/mol. The highest BCUT2D eigenvalue weighted by molar-refractivity contribution is 5.87. The van der Waals surface area contributed by atoms with Crippen molar-refractivity contribution in [1.82, 2.24) is 9.47 Å². The molecule has 1 fully saturated rings. The summed E-state index contributed by atoms with van der Waals surface area (Å²) in [6, 6.07) is 6.29. The molecule has 1 aromatic carbocycles. The Hall–Kier alpha value is -2.21. The van der Waals surface area contributed by atoms with E-state index in [-0.39, 0.29) is 12.0 Å². The summed E-state index contributed by atoms with van der Waals surface area (Å²) in [5.74, 6) is 1.15. The molecule has 180 valence electrons. The summed E-state index contributed by atoms with van der Waals surface area (Å²) in [5.41, 5.74) is 3.33. The lowest BCUT2D eigenvalue weighted by atomic mass is 9.92. The van der Waals surface area contributed by atoms with Gasteiger partial charge in [0.15, 0.2) is 0 Å². The van der Waals surface area contributed by atoms with Crippen molar-refractivity contribution in [2.45, 2.75) is 78.9 Å². The van der Waals surface area contributed by atoms with Crippen molar-refractivity contribution in [2.75, 3.05) is 33.9 Å². The van der Waals surface area contributed by atoms with Gasteiger partial charge in [0, 0.05) is 55.9 Å². The molecule has 1 aliphatic heterocycles. The normalized spacial score (nSPS) is 16.5. The van der Waals surface area contributed by atoms with Gasteiger partial charge in [-0.05, 0) is 70.7 Å². The van der Waals surface area contributed by atoms with Crippen LogP contribution in [0.15, 0.2) is 18.2 Å². The summed E-state index contributed by atoms with van der Waals surface area (Å²) in [7, 11) is 3.44. The van der Waals surface area contributed by atoms with Crippen LogP contribution < -0.4 is 4.74 Å². The van der Waals surface area contributed by atoms with Gasteiger partial charge in [-0.1, -0.05) is 13.8 Å². The second kappa shape index (κ2) is 11.6. The fraction of sp³-hybridized carbons (Fsp3) is 0.654. The van der Waals surface area contributed by atoms with Crippen molar-refractivity contribution in [3.05, 3.63) is 29.5 Å². The molecule has 1 amide bonds. The number of benzene rings is 1. The lowest BCUT2D eigenvalue weighted by Crippen LogP contribution is -2.42. The van der Waals surface area contributed by atoms with E-state index in [2.05, 4.69) is 23.6 Å². The highest BCUT2D eigenvalue weighted by Gasteiger charge is 2.31. The molecule has 0 N–H and O–H groups in total. The van der Waals surface area contributed by atoms with Crippen LogP contribution in [0.2, 0.25) is 0 Å². The third-order valence-electron chi connectivity index (χ3n) is 5.76. The Morgan fingerprint density at radius 1 is 1.19 bits per heavy atom. The maximum absolute atomic E-state index is 12.7. The first-order valence-electron chi connectivity index (χ1n) is 11.9. The van der Waals surface area contributed by atoms with E-state index in [9.17, 15) is 4.79 Å². The topological polar surface area (TPSA) is 52.9 Å². The fourth-order valence-electron chi connectivity index (χ4n) is 4.48. The van der Waals surface area contributed by atoms with Gasteiger partial charge in [-0.3, -0.25) is 0 Å². The van der Waals surface area contributed by atoms with Gasteiger partial charge >= 0.3 is 6.09 Å². The number of carbonyl (C=O) groups excluding carboxylic acids is 1. The number of ether oxygens (including phenoxy) is 3. The zero-order chi connectivity index (χ0) is 23.9. The third kappa shape index (κ3) is 6.18. The summed E-state index contributed by atoms with van der Waals surface area (Å²) >= 11 is 0. The van der Waals surface area contributed by atoms with Gasteiger partial charge in [-0.15, -0.1) is 0 Å². The van der Waals surface area contributed by atoms with Crippen LogP contribution >= 0.6 is 0 Å². The van der Waals surface area contributed by atoms with E-state index in [1.165, 1.54) is 22.2 Å². The molecule has 0 aliphatic carbocycles. The monoisotopic (exact) mass is 446 g/mol. The number of hydrogen-bond acceptors (Lipinski definition) is 4. The van der Waals surface area contributed by atoms with E-state index >= 15 is 0 Å². The minimum absolute atomic E-state index is 0.214. The van der Waals surface area contributed by atoms with Crippen LogP contribution in [0.1, 0.15) is 71.1 Å². The van der Waals surface area contributed by atoms with Gasteiger partial charge in [0.1, 0.15) is 11.4 Å².